The third-order valence-electron chi connectivity index (χ3n) is 4.25. The van der Waals surface area contributed by atoms with Gasteiger partial charge in [0.25, 0.3) is 0 Å². The van der Waals surface area contributed by atoms with E-state index in [1.165, 1.54) is 25.7 Å². The van der Waals surface area contributed by atoms with E-state index >= 15 is 0 Å². The topological polar surface area (TPSA) is 73.8 Å². The Hall–Kier alpha value is -0.820. The van der Waals surface area contributed by atoms with Crippen LogP contribution in [0.3, 0.4) is 0 Å². The molecule has 1 aliphatic rings. The van der Waals surface area contributed by atoms with Gasteiger partial charge in [0.1, 0.15) is 0 Å². The molecule has 0 aromatic heterocycles. The molecule has 23 heavy (non-hydrogen) atoms. The summed E-state index contributed by atoms with van der Waals surface area (Å²) >= 11 is 0. The normalized spacial score (nSPS) is 20.2. The summed E-state index contributed by atoms with van der Waals surface area (Å²) in [4.78, 5) is 6.45. The second kappa shape index (κ2) is 10.9. The number of aliphatic imine (C=N–C) groups is 1. The number of unbranched alkanes of at least 4 members (excludes halogenated alkanes) is 3. The lowest BCUT2D eigenvalue weighted by molar-refractivity contribution is 0.299. The van der Waals surface area contributed by atoms with Gasteiger partial charge in [-0.25, -0.2) is 8.42 Å². The summed E-state index contributed by atoms with van der Waals surface area (Å²) in [6.45, 7) is 7.33. The van der Waals surface area contributed by atoms with Crippen LogP contribution in [0.25, 0.3) is 0 Å². The van der Waals surface area contributed by atoms with Crippen molar-refractivity contribution in [2.24, 2.45) is 4.99 Å². The highest BCUT2D eigenvalue weighted by molar-refractivity contribution is 7.91. The number of sulfone groups is 1. The van der Waals surface area contributed by atoms with Crippen molar-refractivity contribution in [1.82, 2.24) is 15.5 Å². The summed E-state index contributed by atoms with van der Waals surface area (Å²) in [6, 6.07) is 0.415. The van der Waals surface area contributed by atoms with Crippen molar-refractivity contribution < 1.29 is 8.42 Å². The molecule has 0 spiro atoms. The minimum Gasteiger partial charge on any atom is -0.355 e. The van der Waals surface area contributed by atoms with E-state index in [2.05, 4.69) is 34.4 Å². The first-order chi connectivity index (χ1) is 11.0. The summed E-state index contributed by atoms with van der Waals surface area (Å²) in [5, 5.41) is 6.74. The molecule has 0 aromatic rings. The van der Waals surface area contributed by atoms with Gasteiger partial charge in [-0.1, -0.05) is 32.6 Å². The fraction of sp³-hybridized carbons (Fsp3) is 0.938. The predicted octanol–water partition coefficient (Wildman–Crippen LogP) is 1.24. The smallest absolute Gasteiger partial charge is 0.191 e. The predicted molar refractivity (Wildman–Crippen MR) is 97.8 cm³/mol. The van der Waals surface area contributed by atoms with Crippen LogP contribution in [0.4, 0.5) is 0 Å². The Morgan fingerprint density at radius 3 is 2.52 bits per heavy atom. The van der Waals surface area contributed by atoms with Crippen LogP contribution in [-0.4, -0.2) is 70.1 Å². The van der Waals surface area contributed by atoms with Gasteiger partial charge in [-0.15, -0.1) is 0 Å². The molecule has 0 saturated carbocycles. The summed E-state index contributed by atoms with van der Waals surface area (Å²) in [5.41, 5.74) is 0. The Bertz CT molecular complexity index is 437. The molecule has 1 saturated heterocycles. The Kier molecular flexibility index (Phi) is 9.55. The first-order valence-corrected chi connectivity index (χ1v) is 10.7. The van der Waals surface area contributed by atoms with Gasteiger partial charge >= 0.3 is 0 Å². The van der Waals surface area contributed by atoms with E-state index in [0.717, 1.165) is 25.5 Å². The lowest BCUT2D eigenvalue weighted by Crippen LogP contribution is -2.47. The van der Waals surface area contributed by atoms with Crippen LogP contribution in [0.5, 0.6) is 0 Å². The fourth-order valence-corrected chi connectivity index (χ4v) is 3.96. The Morgan fingerprint density at radius 2 is 1.91 bits per heavy atom. The molecule has 0 amide bonds. The molecule has 1 rings (SSSR count). The first-order valence-electron chi connectivity index (χ1n) is 8.87. The highest BCUT2D eigenvalue weighted by Crippen LogP contribution is 2.05. The van der Waals surface area contributed by atoms with Gasteiger partial charge in [-0.3, -0.25) is 9.89 Å². The molecule has 1 aliphatic heterocycles. The molecule has 6 nitrogen and oxygen atoms in total. The minimum absolute atomic E-state index is 0.286. The maximum absolute atomic E-state index is 11.4. The Labute approximate surface area is 142 Å². The van der Waals surface area contributed by atoms with Crippen molar-refractivity contribution in [1.29, 1.82) is 0 Å². The highest BCUT2D eigenvalue weighted by Gasteiger charge is 2.20. The number of nitrogens with zero attached hydrogens (tertiary/aromatic N) is 2. The van der Waals surface area contributed by atoms with Crippen molar-refractivity contribution in [2.45, 2.75) is 52.0 Å². The summed E-state index contributed by atoms with van der Waals surface area (Å²) < 4.78 is 22.8. The lowest BCUT2D eigenvalue weighted by Gasteiger charge is -2.27. The molecule has 0 aromatic carbocycles. The molecule has 1 heterocycles. The van der Waals surface area contributed by atoms with Crippen molar-refractivity contribution >= 4 is 15.8 Å². The fourth-order valence-electron chi connectivity index (χ4n) is 2.68. The second-order valence-corrected chi connectivity index (χ2v) is 8.69. The van der Waals surface area contributed by atoms with Crippen LogP contribution in [0, 0.1) is 0 Å². The molecule has 2 N–H and O–H groups in total. The van der Waals surface area contributed by atoms with E-state index in [1.54, 1.807) is 7.05 Å². The average Bonchev–Trinajstić information content (AvgIpc) is 2.52. The lowest BCUT2D eigenvalue weighted by atomic mass is 10.1. The van der Waals surface area contributed by atoms with Crippen LogP contribution in [-0.2, 0) is 9.84 Å². The zero-order chi connectivity index (χ0) is 17.1. The maximum Gasteiger partial charge on any atom is 0.191 e. The number of guanidine groups is 1. The summed E-state index contributed by atoms with van der Waals surface area (Å²) in [7, 11) is -1.00. The van der Waals surface area contributed by atoms with E-state index in [1.807, 2.05) is 0 Å². The minimum atomic E-state index is -2.79. The van der Waals surface area contributed by atoms with Gasteiger partial charge in [0.2, 0.25) is 0 Å². The van der Waals surface area contributed by atoms with Crippen LogP contribution in [0.2, 0.25) is 0 Å². The first kappa shape index (κ1) is 20.2. The number of rotatable bonds is 9. The summed E-state index contributed by atoms with van der Waals surface area (Å²) in [5.74, 6) is 1.40. The molecular formula is C16H34N4O2S. The van der Waals surface area contributed by atoms with E-state index < -0.39 is 9.84 Å². The second-order valence-electron chi connectivity index (χ2n) is 6.39. The largest absolute Gasteiger partial charge is 0.355 e. The van der Waals surface area contributed by atoms with Gasteiger partial charge < -0.3 is 10.6 Å². The molecule has 136 valence electrons. The van der Waals surface area contributed by atoms with Crippen LogP contribution < -0.4 is 10.6 Å². The molecule has 1 fully saturated rings. The SMILES string of the molecule is CCCCCCC(C)NC(=NC)NCCN1CCS(=O)(=O)CC1. The Morgan fingerprint density at radius 1 is 1.22 bits per heavy atom. The Balaban J connectivity index is 2.16. The zero-order valence-electron chi connectivity index (χ0n) is 15.0. The maximum atomic E-state index is 11.4. The quantitative estimate of drug-likeness (QED) is 0.373. The van der Waals surface area contributed by atoms with Gasteiger partial charge in [-0.05, 0) is 13.3 Å². The van der Waals surface area contributed by atoms with Crippen molar-refractivity contribution in [3.05, 3.63) is 0 Å². The van der Waals surface area contributed by atoms with E-state index in [-0.39, 0.29) is 11.5 Å². The standard InChI is InChI=1S/C16H34N4O2S/c1-4-5-6-7-8-15(2)19-16(17-3)18-9-10-20-11-13-23(21,22)14-12-20/h15H,4-14H2,1-3H3,(H2,17,18,19). The molecule has 0 bridgehead atoms. The van der Waals surface area contributed by atoms with E-state index in [0.29, 0.717) is 19.1 Å². The number of hydrogen-bond acceptors (Lipinski definition) is 4. The molecular weight excluding hydrogens is 312 g/mol. The van der Waals surface area contributed by atoms with Gasteiger partial charge in [0.05, 0.1) is 11.5 Å². The van der Waals surface area contributed by atoms with Gasteiger partial charge in [0, 0.05) is 39.3 Å². The van der Waals surface area contributed by atoms with E-state index in [9.17, 15) is 8.42 Å². The van der Waals surface area contributed by atoms with Crippen LogP contribution in [0.15, 0.2) is 4.99 Å². The third-order valence-corrected chi connectivity index (χ3v) is 5.86. The van der Waals surface area contributed by atoms with Gasteiger partial charge in [0.15, 0.2) is 15.8 Å². The highest BCUT2D eigenvalue weighted by atomic mass is 32.2. The van der Waals surface area contributed by atoms with Crippen molar-refractivity contribution in [3.63, 3.8) is 0 Å². The van der Waals surface area contributed by atoms with Crippen LogP contribution >= 0.6 is 0 Å². The molecule has 1 atom stereocenters. The number of nitrogens with one attached hydrogen (secondary N) is 2. The summed E-state index contributed by atoms with van der Waals surface area (Å²) in [6.07, 6.45) is 6.28. The average molecular weight is 347 g/mol. The molecule has 0 aliphatic carbocycles. The van der Waals surface area contributed by atoms with Crippen molar-refractivity contribution in [2.75, 3.05) is 44.7 Å². The van der Waals surface area contributed by atoms with Gasteiger partial charge in [-0.2, -0.15) is 0 Å². The number of hydrogen-bond donors (Lipinski definition) is 2. The molecule has 7 heteroatoms. The van der Waals surface area contributed by atoms with E-state index in [4.69, 9.17) is 0 Å². The monoisotopic (exact) mass is 346 g/mol. The third kappa shape index (κ3) is 9.15. The van der Waals surface area contributed by atoms with Crippen molar-refractivity contribution in [3.8, 4) is 0 Å². The molecule has 1 unspecified atom stereocenters. The zero-order valence-corrected chi connectivity index (χ0v) is 15.8. The molecule has 0 radical (unpaired) electrons. The van der Waals surface area contributed by atoms with Crippen LogP contribution in [0.1, 0.15) is 46.0 Å².